The van der Waals surface area contributed by atoms with Crippen molar-refractivity contribution < 1.29 is 0 Å². The first kappa shape index (κ1) is 11.7. The molecule has 0 aliphatic carbocycles. The van der Waals surface area contributed by atoms with Gasteiger partial charge in [0.2, 0.25) is 0 Å². The Balaban J connectivity index is 2.01. The minimum absolute atomic E-state index is 0.00189. The van der Waals surface area contributed by atoms with Crippen molar-refractivity contribution in [2.24, 2.45) is 0 Å². The smallest absolute Gasteiger partial charge is 0.254 e. The zero-order valence-corrected chi connectivity index (χ0v) is 10.7. The molecule has 1 aliphatic heterocycles. The Bertz CT molecular complexity index is 673. The van der Waals surface area contributed by atoms with Crippen LogP contribution in [0.4, 0.5) is 5.69 Å². The summed E-state index contributed by atoms with van der Waals surface area (Å²) in [6.45, 7) is 2.03. The quantitative estimate of drug-likeness (QED) is 0.895. The minimum Gasteiger partial charge on any atom is -0.353 e. The van der Waals surface area contributed by atoms with Crippen LogP contribution in [0.3, 0.4) is 0 Å². The summed E-state index contributed by atoms with van der Waals surface area (Å²) in [6, 6.07) is 11.6. The van der Waals surface area contributed by atoms with Crippen LogP contribution in [0.15, 0.2) is 53.5 Å². The number of fused-ring (bicyclic) bond motifs is 1. The number of anilines is 1. The summed E-state index contributed by atoms with van der Waals surface area (Å²) in [5, 5.41) is 3.32. The van der Waals surface area contributed by atoms with Gasteiger partial charge >= 0.3 is 0 Å². The van der Waals surface area contributed by atoms with Gasteiger partial charge in [0.15, 0.2) is 5.82 Å². The van der Waals surface area contributed by atoms with Gasteiger partial charge in [-0.1, -0.05) is 24.3 Å². The van der Waals surface area contributed by atoms with E-state index in [0.717, 1.165) is 17.8 Å². The monoisotopic (exact) mass is 253 g/mol. The Labute approximate surface area is 111 Å². The highest BCUT2D eigenvalue weighted by Gasteiger charge is 2.19. The fourth-order valence-corrected chi connectivity index (χ4v) is 2.31. The van der Waals surface area contributed by atoms with Gasteiger partial charge in [-0.25, -0.2) is 4.98 Å². The highest BCUT2D eigenvalue weighted by atomic mass is 16.1. The topological polar surface area (TPSA) is 46.9 Å². The van der Waals surface area contributed by atoms with Gasteiger partial charge < -0.3 is 5.32 Å². The van der Waals surface area contributed by atoms with E-state index in [4.69, 9.17) is 0 Å². The van der Waals surface area contributed by atoms with Crippen LogP contribution in [-0.2, 0) is 0 Å². The molecule has 1 aromatic heterocycles. The number of hydrogen-bond donors (Lipinski definition) is 1. The number of rotatable bonds is 2. The number of allylic oxidation sites excluding steroid dienone is 1. The van der Waals surface area contributed by atoms with E-state index in [9.17, 15) is 4.79 Å². The summed E-state index contributed by atoms with van der Waals surface area (Å²) in [7, 11) is 0. The van der Waals surface area contributed by atoms with Crippen molar-refractivity contribution in [1.29, 1.82) is 0 Å². The molecule has 2 aromatic rings. The second-order valence-electron chi connectivity index (χ2n) is 4.67. The largest absolute Gasteiger partial charge is 0.353 e. The lowest BCUT2D eigenvalue weighted by atomic mass is 10.1. The predicted molar refractivity (Wildman–Crippen MR) is 75.9 cm³/mol. The second kappa shape index (κ2) is 4.72. The molecule has 2 heterocycles. The molecule has 0 amide bonds. The second-order valence-corrected chi connectivity index (χ2v) is 4.67. The molecule has 19 heavy (non-hydrogen) atoms. The molecular weight excluding hydrogens is 238 g/mol. The van der Waals surface area contributed by atoms with Gasteiger partial charge in [-0.15, -0.1) is 0 Å². The Kier molecular flexibility index (Phi) is 2.91. The summed E-state index contributed by atoms with van der Waals surface area (Å²) in [6.07, 6.45) is 4.49. The van der Waals surface area contributed by atoms with Crippen LogP contribution < -0.4 is 10.9 Å². The van der Waals surface area contributed by atoms with Gasteiger partial charge in [-0.05, 0) is 25.5 Å². The maximum Gasteiger partial charge on any atom is 0.254 e. The molecule has 3 rings (SSSR count). The van der Waals surface area contributed by atoms with E-state index in [0.29, 0.717) is 5.82 Å². The molecular formula is C15H15N3O. The summed E-state index contributed by atoms with van der Waals surface area (Å²) in [5.41, 5.74) is 1.88. The molecule has 0 saturated carbocycles. The molecule has 4 nitrogen and oxygen atoms in total. The van der Waals surface area contributed by atoms with Crippen molar-refractivity contribution in [3.05, 3.63) is 64.8 Å². The highest BCUT2D eigenvalue weighted by molar-refractivity contribution is 5.74. The van der Waals surface area contributed by atoms with Gasteiger partial charge in [-0.3, -0.25) is 9.36 Å². The van der Waals surface area contributed by atoms with E-state index in [1.807, 2.05) is 37.3 Å². The molecule has 1 atom stereocenters. The lowest BCUT2D eigenvalue weighted by Crippen LogP contribution is -2.29. The molecule has 1 aliphatic rings. The first-order valence-corrected chi connectivity index (χ1v) is 6.36. The third kappa shape index (κ3) is 2.17. The number of benzene rings is 1. The van der Waals surface area contributed by atoms with Gasteiger partial charge in [0.05, 0.1) is 5.70 Å². The van der Waals surface area contributed by atoms with Crippen molar-refractivity contribution in [3.63, 3.8) is 0 Å². The van der Waals surface area contributed by atoms with E-state index in [2.05, 4.69) is 16.4 Å². The zero-order valence-electron chi connectivity index (χ0n) is 10.7. The third-order valence-corrected chi connectivity index (χ3v) is 3.28. The standard InChI is InChI=1S/C15H15N3O/c1-11-7-8-13(17-12-5-3-2-4-6-12)15-16-10-9-14(19)18(11)15/h2-6,8-11,17H,7H2,1H3. The molecule has 0 saturated heterocycles. The van der Waals surface area contributed by atoms with E-state index in [-0.39, 0.29) is 11.6 Å². The van der Waals surface area contributed by atoms with Crippen LogP contribution >= 0.6 is 0 Å². The number of hydrogen-bond acceptors (Lipinski definition) is 3. The SMILES string of the molecule is CC1CC=C(Nc2ccccc2)c2nccc(=O)n21. The number of para-hydroxylation sites is 1. The van der Waals surface area contributed by atoms with Crippen LogP contribution in [0.2, 0.25) is 0 Å². The molecule has 1 aromatic carbocycles. The third-order valence-electron chi connectivity index (χ3n) is 3.28. The molecule has 0 fully saturated rings. The molecule has 1 unspecified atom stereocenters. The average molecular weight is 253 g/mol. The molecule has 0 radical (unpaired) electrons. The zero-order chi connectivity index (χ0) is 13.2. The lowest BCUT2D eigenvalue weighted by molar-refractivity contribution is 0.510. The normalized spacial score (nSPS) is 17.5. The van der Waals surface area contributed by atoms with Gasteiger partial charge in [-0.2, -0.15) is 0 Å². The van der Waals surface area contributed by atoms with Crippen molar-refractivity contribution in [1.82, 2.24) is 9.55 Å². The molecule has 0 spiro atoms. The molecule has 0 bridgehead atoms. The van der Waals surface area contributed by atoms with Crippen LogP contribution in [0.1, 0.15) is 25.2 Å². The Morgan fingerprint density at radius 3 is 2.84 bits per heavy atom. The predicted octanol–water partition coefficient (Wildman–Crippen LogP) is 2.66. The van der Waals surface area contributed by atoms with Gasteiger partial charge in [0, 0.05) is 24.0 Å². The van der Waals surface area contributed by atoms with Crippen molar-refractivity contribution >= 4 is 11.4 Å². The molecule has 4 heteroatoms. The summed E-state index contributed by atoms with van der Waals surface area (Å²) >= 11 is 0. The van der Waals surface area contributed by atoms with E-state index < -0.39 is 0 Å². The molecule has 96 valence electrons. The number of aromatic nitrogens is 2. The highest BCUT2D eigenvalue weighted by Crippen LogP contribution is 2.25. The first-order valence-electron chi connectivity index (χ1n) is 6.36. The Morgan fingerprint density at radius 2 is 2.05 bits per heavy atom. The van der Waals surface area contributed by atoms with Crippen molar-refractivity contribution in [2.45, 2.75) is 19.4 Å². The summed E-state index contributed by atoms with van der Waals surface area (Å²) in [5.74, 6) is 0.704. The van der Waals surface area contributed by atoms with Crippen molar-refractivity contribution in [3.8, 4) is 0 Å². The van der Waals surface area contributed by atoms with Gasteiger partial charge in [0.25, 0.3) is 5.56 Å². The maximum absolute atomic E-state index is 11.9. The van der Waals surface area contributed by atoms with Crippen LogP contribution in [0.25, 0.3) is 5.70 Å². The van der Waals surface area contributed by atoms with Crippen LogP contribution in [-0.4, -0.2) is 9.55 Å². The summed E-state index contributed by atoms with van der Waals surface area (Å²) < 4.78 is 1.74. The Morgan fingerprint density at radius 1 is 1.26 bits per heavy atom. The lowest BCUT2D eigenvalue weighted by Gasteiger charge is -2.24. The van der Waals surface area contributed by atoms with Crippen molar-refractivity contribution in [2.75, 3.05) is 5.32 Å². The summed E-state index contributed by atoms with van der Waals surface area (Å²) in [4.78, 5) is 16.3. The van der Waals surface area contributed by atoms with E-state index in [1.165, 1.54) is 6.07 Å². The average Bonchev–Trinajstić information content (AvgIpc) is 2.43. The fourth-order valence-electron chi connectivity index (χ4n) is 2.31. The van der Waals surface area contributed by atoms with E-state index in [1.54, 1.807) is 10.8 Å². The number of nitrogens with zero attached hydrogens (tertiary/aromatic N) is 2. The van der Waals surface area contributed by atoms with Gasteiger partial charge in [0.1, 0.15) is 0 Å². The number of nitrogens with one attached hydrogen (secondary N) is 1. The minimum atomic E-state index is -0.00189. The van der Waals surface area contributed by atoms with Crippen LogP contribution in [0, 0.1) is 0 Å². The first-order chi connectivity index (χ1) is 9.25. The van der Waals surface area contributed by atoms with Crippen LogP contribution in [0.5, 0.6) is 0 Å². The molecule has 1 N–H and O–H groups in total. The maximum atomic E-state index is 11.9. The van der Waals surface area contributed by atoms with E-state index >= 15 is 0 Å². The Hall–Kier alpha value is -2.36. The fraction of sp³-hybridized carbons (Fsp3) is 0.200.